The Bertz CT molecular complexity index is 1200. The van der Waals surface area contributed by atoms with Crippen molar-refractivity contribution in [3.05, 3.63) is 83.2 Å². The summed E-state index contributed by atoms with van der Waals surface area (Å²) in [5, 5.41) is 9.93. The third kappa shape index (κ3) is 5.11. The number of aliphatic hydroxyl groups excluding tert-OH is 1. The Kier molecular flexibility index (Phi) is 7.57. The zero-order valence-electron chi connectivity index (χ0n) is 18.9. The van der Waals surface area contributed by atoms with Gasteiger partial charge in [-0.15, -0.1) is 0 Å². The molecule has 0 saturated heterocycles. The van der Waals surface area contributed by atoms with Crippen molar-refractivity contribution >= 4 is 15.8 Å². The van der Waals surface area contributed by atoms with Gasteiger partial charge in [0.25, 0.3) is 0 Å². The number of aliphatic hydroxyl groups is 1. The molecule has 0 spiro atoms. The van der Waals surface area contributed by atoms with Crippen LogP contribution in [0.3, 0.4) is 0 Å². The first-order chi connectivity index (χ1) is 15.7. The number of nitrogens with zero attached hydrogens (tertiary/aromatic N) is 1. The van der Waals surface area contributed by atoms with Gasteiger partial charge in [0.05, 0.1) is 24.7 Å². The van der Waals surface area contributed by atoms with Crippen LogP contribution in [-0.2, 0) is 26.0 Å². The van der Waals surface area contributed by atoms with E-state index in [1.54, 1.807) is 36.4 Å². The van der Waals surface area contributed by atoms with Crippen molar-refractivity contribution in [2.24, 2.45) is 0 Å². The van der Waals surface area contributed by atoms with Crippen LogP contribution in [-0.4, -0.2) is 45.4 Å². The van der Waals surface area contributed by atoms with Gasteiger partial charge >= 0.3 is 5.97 Å². The number of sulfone groups is 1. The number of hydrogen-bond donors (Lipinski definition) is 1. The summed E-state index contributed by atoms with van der Waals surface area (Å²) >= 11 is 0. The van der Waals surface area contributed by atoms with Gasteiger partial charge in [-0.2, -0.15) is 0 Å². The van der Waals surface area contributed by atoms with Crippen LogP contribution in [0.25, 0.3) is 0 Å². The maximum Gasteiger partial charge on any atom is 0.339 e. The molecule has 0 aliphatic rings. The van der Waals surface area contributed by atoms with Crippen molar-refractivity contribution in [2.45, 2.75) is 29.9 Å². The normalized spacial score (nSPS) is 13.4. The van der Waals surface area contributed by atoms with E-state index in [1.165, 1.54) is 50.3 Å². The summed E-state index contributed by atoms with van der Waals surface area (Å²) in [6.07, 6.45) is 0.00139. The van der Waals surface area contributed by atoms with Crippen molar-refractivity contribution in [1.29, 1.82) is 0 Å². The Hall–Kier alpha value is -3.14. The number of esters is 1. The number of benzene rings is 2. The Labute approximate surface area is 193 Å². The highest BCUT2D eigenvalue weighted by molar-refractivity contribution is 7.91. The fourth-order valence-electron chi connectivity index (χ4n) is 3.59. The number of methoxy groups -OCH3 is 3. The lowest BCUT2D eigenvalue weighted by Crippen LogP contribution is -2.24. The number of aromatic nitrogens is 1. The molecule has 1 heterocycles. The van der Waals surface area contributed by atoms with Gasteiger partial charge in [0, 0.05) is 19.0 Å². The summed E-state index contributed by atoms with van der Waals surface area (Å²) in [7, 11) is 0.100. The van der Waals surface area contributed by atoms with Gasteiger partial charge in [-0.05, 0) is 42.8 Å². The minimum Gasteiger partial charge on any atom is -0.497 e. The van der Waals surface area contributed by atoms with Crippen LogP contribution < -0.4 is 4.74 Å². The van der Waals surface area contributed by atoms with E-state index in [4.69, 9.17) is 14.2 Å². The largest absolute Gasteiger partial charge is 0.497 e. The van der Waals surface area contributed by atoms with Crippen molar-refractivity contribution in [3.8, 4) is 5.75 Å². The molecule has 8 nitrogen and oxygen atoms in total. The van der Waals surface area contributed by atoms with Crippen LogP contribution in [0.15, 0.2) is 65.7 Å². The second-order valence-corrected chi connectivity index (χ2v) is 9.60. The van der Waals surface area contributed by atoms with E-state index in [9.17, 15) is 18.3 Å². The summed E-state index contributed by atoms with van der Waals surface area (Å²) in [4.78, 5) is 12.2. The summed E-state index contributed by atoms with van der Waals surface area (Å²) < 4.78 is 44.3. The summed E-state index contributed by atoms with van der Waals surface area (Å²) in [5.74, 6) is -0.0591. The average Bonchev–Trinajstić information content (AvgIpc) is 3.22. The molecule has 9 heteroatoms. The number of aryl methyl sites for hydroxylation is 1. The third-order valence-corrected chi connectivity index (χ3v) is 7.44. The number of hydrogen-bond acceptors (Lipinski definition) is 7. The highest BCUT2D eigenvalue weighted by Crippen LogP contribution is 2.40. The monoisotopic (exact) mass is 473 g/mol. The lowest BCUT2D eigenvalue weighted by atomic mass is 10.0. The van der Waals surface area contributed by atoms with E-state index in [-0.39, 0.29) is 22.9 Å². The molecule has 0 aliphatic heterocycles. The number of carbonyl (C=O) groups excluding carboxylic acids is 1. The summed E-state index contributed by atoms with van der Waals surface area (Å²) in [6, 6.07) is 14.3. The Morgan fingerprint density at radius 2 is 1.67 bits per heavy atom. The number of ether oxygens (including phenoxy) is 3. The van der Waals surface area contributed by atoms with Crippen LogP contribution >= 0.6 is 0 Å². The van der Waals surface area contributed by atoms with Gasteiger partial charge < -0.3 is 23.9 Å². The molecular weight excluding hydrogens is 446 g/mol. The minimum absolute atomic E-state index is 0.0262. The summed E-state index contributed by atoms with van der Waals surface area (Å²) in [6.45, 7) is 1.83. The Balaban J connectivity index is 2.21. The van der Waals surface area contributed by atoms with E-state index in [0.29, 0.717) is 11.3 Å². The molecule has 0 aliphatic carbocycles. The van der Waals surface area contributed by atoms with E-state index in [0.717, 1.165) is 5.56 Å². The van der Waals surface area contributed by atoms with Crippen LogP contribution in [0.2, 0.25) is 0 Å². The molecule has 2 unspecified atom stereocenters. The molecule has 0 fully saturated rings. The quantitative estimate of drug-likeness (QED) is 0.475. The molecule has 2 atom stereocenters. The lowest BCUT2D eigenvalue weighted by Gasteiger charge is -2.25. The molecule has 0 saturated carbocycles. The predicted octanol–water partition coefficient (Wildman–Crippen LogP) is 3.44. The SMILES string of the molecule is COCn1cc(C(=O)OC)cc1C(C(O)c1ccc(OC)cc1)S(=O)(=O)c1ccc(C)cc1. The molecule has 2 aromatic carbocycles. The highest BCUT2D eigenvalue weighted by Gasteiger charge is 2.39. The zero-order valence-corrected chi connectivity index (χ0v) is 19.7. The minimum atomic E-state index is -4.10. The van der Waals surface area contributed by atoms with Gasteiger partial charge in [0.2, 0.25) is 0 Å². The predicted molar refractivity (Wildman–Crippen MR) is 122 cm³/mol. The summed E-state index contributed by atoms with van der Waals surface area (Å²) in [5.41, 5.74) is 1.62. The maximum atomic E-state index is 13.8. The third-order valence-electron chi connectivity index (χ3n) is 5.34. The van der Waals surface area contributed by atoms with E-state index in [1.807, 2.05) is 6.92 Å². The molecule has 1 aromatic heterocycles. The molecule has 0 bridgehead atoms. The fraction of sp³-hybridized carbons (Fsp3) is 0.292. The zero-order chi connectivity index (χ0) is 24.2. The second-order valence-electron chi connectivity index (χ2n) is 7.53. The average molecular weight is 474 g/mol. The molecule has 3 aromatic rings. The number of carbonyl (C=O) groups is 1. The highest BCUT2D eigenvalue weighted by atomic mass is 32.2. The van der Waals surface area contributed by atoms with Crippen LogP contribution in [0.1, 0.15) is 38.5 Å². The smallest absolute Gasteiger partial charge is 0.339 e. The van der Waals surface area contributed by atoms with Gasteiger partial charge in [-0.1, -0.05) is 29.8 Å². The topological polar surface area (TPSA) is 104 Å². The van der Waals surface area contributed by atoms with Gasteiger partial charge in [-0.3, -0.25) is 0 Å². The van der Waals surface area contributed by atoms with Crippen LogP contribution in [0.5, 0.6) is 5.75 Å². The first-order valence-electron chi connectivity index (χ1n) is 10.1. The van der Waals surface area contributed by atoms with Crippen molar-refractivity contribution in [2.75, 3.05) is 21.3 Å². The fourth-order valence-corrected chi connectivity index (χ4v) is 5.42. The van der Waals surface area contributed by atoms with E-state index in [2.05, 4.69) is 0 Å². The Morgan fingerprint density at radius 1 is 1.03 bits per heavy atom. The molecule has 0 amide bonds. The molecule has 0 radical (unpaired) electrons. The van der Waals surface area contributed by atoms with Crippen molar-refractivity contribution < 1.29 is 32.5 Å². The standard InChI is InChI=1S/C24H27NO7S/c1-16-5-11-20(12-6-16)33(28,29)23(22(26)17-7-9-19(31-3)10-8-17)21-13-18(24(27)32-4)14-25(21)15-30-2/h5-14,22-23,26H,15H2,1-4H3. The van der Waals surface area contributed by atoms with Gasteiger partial charge in [0.15, 0.2) is 9.84 Å². The maximum absolute atomic E-state index is 13.8. The molecule has 33 heavy (non-hydrogen) atoms. The molecule has 1 N–H and O–H groups in total. The van der Waals surface area contributed by atoms with Gasteiger partial charge in [-0.25, -0.2) is 13.2 Å². The van der Waals surface area contributed by atoms with Crippen molar-refractivity contribution in [1.82, 2.24) is 4.57 Å². The first kappa shape index (κ1) is 24.5. The van der Waals surface area contributed by atoms with Crippen LogP contribution in [0, 0.1) is 6.92 Å². The molecule has 176 valence electrons. The Morgan fingerprint density at radius 3 is 2.21 bits per heavy atom. The van der Waals surface area contributed by atoms with E-state index < -0.39 is 27.2 Å². The first-order valence-corrected chi connectivity index (χ1v) is 11.7. The number of rotatable bonds is 9. The van der Waals surface area contributed by atoms with E-state index >= 15 is 0 Å². The van der Waals surface area contributed by atoms with Gasteiger partial charge in [0.1, 0.15) is 23.8 Å². The molecule has 3 rings (SSSR count). The second kappa shape index (κ2) is 10.2. The lowest BCUT2D eigenvalue weighted by molar-refractivity contribution is 0.0600. The van der Waals surface area contributed by atoms with Crippen molar-refractivity contribution in [3.63, 3.8) is 0 Å². The van der Waals surface area contributed by atoms with Crippen LogP contribution in [0.4, 0.5) is 0 Å². The molecular formula is C24H27NO7S.